The predicted molar refractivity (Wildman–Crippen MR) is 103 cm³/mol. The summed E-state index contributed by atoms with van der Waals surface area (Å²) in [4.78, 5) is 0. The van der Waals surface area contributed by atoms with Crippen LogP contribution in [0.4, 0.5) is 13.2 Å². The van der Waals surface area contributed by atoms with Gasteiger partial charge in [-0.15, -0.1) is 0 Å². The Morgan fingerprint density at radius 1 is 0.852 bits per heavy atom. The van der Waals surface area contributed by atoms with E-state index in [0.29, 0.717) is 17.9 Å². The van der Waals surface area contributed by atoms with Crippen molar-refractivity contribution in [2.75, 3.05) is 6.61 Å². The second-order valence-corrected chi connectivity index (χ2v) is 6.13. The summed E-state index contributed by atoms with van der Waals surface area (Å²) in [6.45, 7) is 3.84. The van der Waals surface area contributed by atoms with Gasteiger partial charge in [-0.2, -0.15) is 0 Å². The van der Waals surface area contributed by atoms with Gasteiger partial charge in [0, 0.05) is 17.2 Å². The highest BCUT2D eigenvalue weighted by Gasteiger charge is 2.09. The van der Waals surface area contributed by atoms with Crippen molar-refractivity contribution < 1.29 is 17.9 Å². The van der Waals surface area contributed by atoms with E-state index in [-0.39, 0.29) is 16.9 Å². The van der Waals surface area contributed by atoms with Crippen molar-refractivity contribution in [2.45, 2.75) is 13.8 Å². The number of halogens is 3. The highest BCUT2D eigenvalue weighted by molar-refractivity contribution is 5.72. The molecule has 3 rings (SSSR count). The second-order valence-electron chi connectivity index (χ2n) is 6.13. The fourth-order valence-electron chi connectivity index (χ4n) is 2.74. The Morgan fingerprint density at radius 2 is 1.59 bits per heavy atom. The molecule has 3 aromatic carbocycles. The van der Waals surface area contributed by atoms with Crippen LogP contribution in [0.2, 0.25) is 0 Å². The molecule has 1 nitrogen and oxygen atoms in total. The predicted octanol–water partition coefficient (Wildman–Crippen LogP) is 6.65. The van der Waals surface area contributed by atoms with Crippen LogP contribution in [0, 0.1) is 24.4 Å². The third kappa shape index (κ3) is 4.22. The van der Waals surface area contributed by atoms with Crippen LogP contribution in [0.3, 0.4) is 0 Å². The Bertz CT molecular complexity index is 976. The van der Waals surface area contributed by atoms with Gasteiger partial charge in [-0.3, -0.25) is 0 Å². The fourth-order valence-corrected chi connectivity index (χ4v) is 2.74. The van der Waals surface area contributed by atoms with Crippen molar-refractivity contribution in [3.8, 4) is 16.9 Å². The monoisotopic (exact) mass is 368 g/mol. The van der Waals surface area contributed by atoms with Crippen LogP contribution in [0.15, 0.2) is 54.6 Å². The minimum absolute atomic E-state index is 0.180. The van der Waals surface area contributed by atoms with E-state index < -0.39 is 11.6 Å². The lowest BCUT2D eigenvalue weighted by Crippen LogP contribution is -1.93. The maximum absolute atomic E-state index is 14.3. The van der Waals surface area contributed by atoms with E-state index in [1.165, 1.54) is 31.2 Å². The van der Waals surface area contributed by atoms with Crippen LogP contribution < -0.4 is 4.74 Å². The third-order valence-corrected chi connectivity index (χ3v) is 4.23. The van der Waals surface area contributed by atoms with E-state index in [0.717, 1.165) is 11.1 Å². The Labute approximate surface area is 156 Å². The van der Waals surface area contributed by atoms with Gasteiger partial charge in [0.2, 0.25) is 0 Å². The average Bonchev–Trinajstić information content (AvgIpc) is 2.67. The number of hydrogen-bond donors (Lipinski definition) is 0. The van der Waals surface area contributed by atoms with E-state index in [9.17, 15) is 13.2 Å². The highest BCUT2D eigenvalue weighted by atomic mass is 19.2. The number of rotatable bonds is 5. The normalized spacial score (nSPS) is 11.1. The lowest BCUT2D eigenvalue weighted by molar-refractivity contribution is 0.338. The van der Waals surface area contributed by atoms with Crippen LogP contribution >= 0.6 is 0 Å². The van der Waals surface area contributed by atoms with Gasteiger partial charge < -0.3 is 4.74 Å². The molecule has 0 saturated heterocycles. The summed E-state index contributed by atoms with van der Waals surface area (Å²) < 4.78 is 47.1. The van der Waals surface area contributed by atoms with Crippen molar-refractivity contribution >= 4 is 12.2 Å². The molecule has 0 spiro atoms. The molecular formula is C23H19F3O. The van der Waals surface area contributed by atoms with Gasteiger partial charge >= 0.3 is 0 Å². The molecule has 0 aliphatic heterocycles. The van der Waals surface area contributed by atoms with Gasteiger partial charge in [0.15, 0.2) is 11.6 Å². The molecule has 0 heterocycles. The van der Waals surface area contributed by atoms with E-state index >= 15 is 0 Å². The van der Waals surface area contributed by atoms with Gasteiger partial charge in [-0.05, 0) is 42.7 Å². The molecule has 0 N–H and O–H groups in total. The number of hydrogen-bond acceptors (Lipinski definition) is 1. The molecule has 138 valence electrons. The molecule has 0 unspecified atom stereocenters. The molecule has 0 bridgehead atoms. The maximum Gasteiger partial charge on any atom is 0.166 e. The van der Waals surface area contributed by atoms with E-state index in [4.69, 9.17) is 4.74 Å². The van der Waals surface area contributed by atoms with Crippen LogP contribution in [0.1, 0.15) is 23.6 Å². The van der Waals surface area contributed by atoms with Crippen LogP contribution in [-0.4, -0.2) is 6.61 Å². The van der Waals surface area contributed by atoms with Gasteiger partial charge in [0.1, 0.15) is 11.6 Å². The topological polar surface area (TPSA) is 9.23 Å². The zero-order valence-electron chi connectivity index (χ0n) is 15.1. The quantitative estimate of drug-likeness (QED) is 0.458. The fraction of sp³-hybridized carbons (Fsp3) is 0.130. The van der Waals surface area contributed by atoms with Gasteiger partial charge in [0.25, 0.3) is 0 Å². The molecule has 27 heavy (non-hydrogen) atoms. The van der Waals surface area contributed by atoms with Crippen molar-refractivity contribution in [1.82, 2.24) is 0 Å². The Kier molecular flexibility index (Phi) is 5.65. The molecule has 0 fully saturated rings. The summed E-state index contributed by atoms with van der Waals surface area (Å²) in [5.74, 6) is -1.56. The first-order valence-electron chi connectivity index (χ1n) is 8.65. The van der Waals surface area contributed by atoms with Crippen molar-refractivity contribution in [1.29, 1.82) is 0 Å². The van der Waals surface area contributed by atoms with Crippen LogP contribution in [0.5, 0.6) is 5.75 Å². The largest absolute Gasteiger partial charge is 0.494 e. The Balaban J connectivity index is 1.81. The first-order valence-corrected chi connectivity index (χ1v) is 8.65. The lowest BCUT2D eigenvalue weighted by atomic mass is 10.0. The van der Waals surface area contributed by atoms with Gasteiger partial charge in [0.05, 0.1) is 6.61 Å². The third-order valence-electron chi connectivity index (χ3n) is 4.23. The molecular weight excluding hydrogens is 349 g/mol. The molecule has 0 amide bonds. The molecule has 0 aliphatic rings. The molecule has 4 heteroatoms. The summed E-state index contributed by atoms with van der Waals surface area (Å²) in [6, 6.07) is 15.0. The summed E-state index contributed by atoms with van der Waals surface area (Å²) in [5.41, 5.74) is 2.44. The molecule has 0 saturated carbocycles. The molecule has 0 aromatic heterocycles. The second kappa shape index (κ2) is 8.12. The van der Waals surface area contributed by atoms with E-state index in [1.807, 2.05) is 6.92 Å². The summed E-state index contributed by atoms with van der Waals surface area (Å²) in [7, 11) is 0. The zero-order chi connectivity index (χ0) is 19.4. The Hall–Kier alpha value is -3.01. The SMILES string of the molecule is CCOc1ccc(-c2ccc(/C=C/c3ccc(C)c(F)c3F)cc2)c(F)c1. The van der Waals surface area contributed by atoms with Gasteiger partial charge in [-0.1, -0.05) is 48.6 Å². The maximum atomic E-state index is 14.3. The smallest absolute Gasteiger partial charge is 0.166 e. The van der Waals surface area contributed by atoms with Crippen molar-refractivity contribution in [3.05, 3.63) is 88.7 Å². The summed E-state index contributed by atoms with van der Waals surface area (Å²) in [5, 5.41) is 0. The molecule has 0 radical (unpaired) electrons. The van der Waals surface area contributed by atoms with E-state index in [1.54, 1.807) is 42.5 Å². The lowest BCUT2D eigenvalue weighted by Gasteiger charge is -2.07. The first-order chi connectivity index (χ1) is 13.0. The zero-order valence-corrected chi connectivity index (χ0v) is 15.1. The number of aryl methyl sites for hydroxylation is 1. The van der Waals surface area contributed by atoms with Crippen LogP contribution in [-0.2, 0) is 0 Å². The standard InChI is InChI=1S/C23H19F3O/c1-3-27-19-12-13-20(21(24)14-19)17-9-5-16(6-10-17)7-11-18-8-4-15(2)22(25)23(18)26/h4-14H,3H2,1-2H3/b11-7+. The van der Waals surface area contributed by atoms with E-state index in [2.05, 4.69) is 0 Å². The number of benzene rings is 3. The molecule has 0 atom stereocenters. The van der Waals surface area contributed by atoms with Crippen molar-refractivity contribution in [2.24, 2.45) is 0 Å². The van der Waals surface area contributed by atoms with Crippen molar-refractivity contribution in [3.63, 3.8) is 0 Å². The molecule has 3 aromatic rings. The number of ether oxygens (including phenoxy) is 1. The average molecular weight is 368 g/mol. The van der Waals surface area contributed by atoms with Crippen LogP contribution in [0.25, 0.3) is 23.3 Å². The minimum Gasteiger partial charge on any atom is -0.494 e. The Morgan fingerprint density at radius 3 is 2.26 bits per heavy atom. The molecule has 0 aliphatic carbocycles. The summed E-state index contributed by atoms with van der Waals surface area (Å²) in [6.07, 6.45) is 3.20. The highest BCUT2D eigenvalue weighted by Crippen LogP contribution is 2.27. The summed E-state index contributed by atoms with van der Waals surface area (Å²) >= 11 is 0. The first kappa shape index (κ1) is 18.8. The van der Waals surface area contributed by atoms with Gasteiger partial charge in [-0.25, -0.2) is 13.2 Å². The minimum atomic E-state index is -0.862.